The standard InChI is InChI=1S/C26H21ClN2O5/c1-33-22-11-7-6-10-19(22)25(31)28-15-20-23(26(32)34-2)29(17-8-4-3-5-9-17)21-14-16(27)12-13-18(21)24(20)30/h3-14H,15H2,1-2H3,(H,28,31). The number of nitrogens with zero attached hydrogens (tertiary/aromatic N) is 1. The van der Waals surface area contributed by atoms with Crippen molar-refractivity contribution in [1.82, 2.24) is 9.88 Å². The van der Waals surface area contributed by atoms with E-state index in [-0.39, 0.29) is 17.8 Å². The van der Waals surface area contributed by atoms with Crippen LogP contribution in [0.2, 0.25) is 5.02 Å². The van der Waals surface area contributed by atoms with Crippen molar-refractivity contribution >= 4 is 34.4 Å². The van der Waals surface area contributed by atoms with Gasteiger partial charge in [-0.3, -0.25) is 9.59 Å². The van der Waals surface area contributed by atoms with Crippen LogP contribution >= 0.6 is 11.6 Å². The summed E-state index contributed by atoms with van der Waals surface area (Å²) in [6.07, 6.45) is 0. The minimum Gasteiger partial charge on any atom is -0.496 e. The molecule has 0 unspecified atom stereocenters. The Hall–Kier alpha value is -4.10. The second-order valence-electron chi connectivity index (χ2n) is 7.36. The van der Waals surface area contributed by atoms with Crippen LogP contribution in [0.1, 0.15) is 26.4 Å². The average molecular weight is 477 g/mol. The Labute approximate surface area is 200 Å². The summed E-state index contributed by atoms with van der Waals surface area (Å²) in [5.74, 6) is -0.775. The lowest BCUT2D eigenvalue weighted by Crippen LogP contribution is -2.31. The first-order chi connectivity index (χ1) is 16.5. The van der Waals surface area contributed by atoms with E-state index in [1.54, 1.807) is 59.2 Å². The van der Waals surface area contributed by atoms with Crippen LogP contribution in [0.4, 0.5) is 0 Å². The summed E-state index contributed by atoms with van der Waals surface area (Å²) in [7, 11) is 2.70. The molecule has 4 rings (SSSR count). The molecule has 34 heavy (non-hydrogen) atoms. The molecule has 4 aromatic rings. The van der Waals surface area contributed by atoms with Crippen LogP contribution in [0, 0.1) is 0 Å². The van der Waals surface area contributed by atoms with E-state index in [0.29, 0.717) is 32.9 Å². The van der Waals surface area contributed by atoms with Gasteiger partial charge in [0.15, 0.2) is 5.43 Å². The molecule has 3 aromatic carbocycles. The van der Waals surface area contributed by atoms with Crippen molar-refractivity contribution in [2.75, 3.05) is 14.2 Å². The normalized spacial score (nSPS) is 10.7. The number of amides is 1. The van der Waals surface area contributed by atoms with Gasteiger partial charge in [-0.15, -0.1) is 0 Å². The van der Waals surface area contributed by atoms with Gasteiger partial charge in [-0.1, -0.05) is 41.9 Å². The number of hydrogen-bond donors (Lipinski definition) is 1. The third-order valence-corrected chi connectivity index (χ3v) is 5.63. The van der Waals surface area contributed by atoms with Crippen molar-refractivity contribution in [1.29, 1.82) is 0 Å². The molecule has 0 aliphatic rings. The van der Waals surface area contributed by atoms with Gasteiger partial charge in [-0.05, 0) is 42.5 Å². The molecule has 0 saturated heterocycles. The maximum absolute atomic E-state index is 13.5. The number of nitrogens with one attached hydrogen (secondary N) is 1. The summed E-state index contributed by atoms with van der Waals surface area (Å²) in [5, 5.41) is 3.50. The van der Waals surface area contributed by atoms with Crippen LogP contribution in [-0.4, -0.2) is 30.7 Å². The largest absolute Gasteiger partial charge is 0.496 e. The minimum absolute atomic E-state index is 0.00814. The number of rotatable bonds is 6. The Morgan fingerprint density at radius 2 is 1.68 bits per heavy atom. The lowest BCUT2D eigenvalue weighted by atomic mass is 10.1. The number of para-hydroxylation sites is 2. The highest BCUT2D eigenvalue weighted by atomic mass is 35.5. The molecule has 0 aliphatic heterocycles. The van der Waals surface area contributed by atoms with Crippen LogP contribution < -0.4 is 15.5 Å². The second kappa shape index (κ2) is 9.80. The van der Waals surface area contributed by atoms with Crippen LogP contribution in [-0.2, 0) is 11.3 Å². The van der Waals surface area contributed by atoms with Gasteiger partial charge >= 0.3 is 5.97 Å². The van der Waals surface area contributed by atoms with E-state index in [2.05, 4.69) is 5.32 Å². The molecule has 8 heteroatoms. The molecule has 1 aromatic heterocycles. The lowest BCUT2D eigenvalue weighted by Gasteiger charge is -2.20. The smallest absolute Gasteiger partial charge is 0.355 e. The molecular weight excluding hydrogens is 456 g/mol. The molecule has 1 heterocycles. The Kier molecular flexibility index (Phi) is 6.65. The zero-order chi connectivity index (χ0) is 24.2. The monoisotopic (exact) mass is 476 g/mol. The average Bonchev–Trinajstić information content (AvgIpc) is 2.87. The number of hydrogen-bond acceptors (Lipinski definition) is 5. The number of aromatic nitrogens is 1. The van der Waals surface area contributed by atoms with Crippen molar-refractivity contribution in [3.05, 3.63) is 105 Å². The first-order valence-electron chi connectivity index (χ1n) is 10.4. The summed E-state index contributed by atoms with van der Waals surface area (Å²) >= 11 is 6.23. The van der Waals surface area contributed by atoms with Crippen molar-refractivity contribution in [2.45, 2.75) is 6.54 Å². The van der Waals surface area contributed by atoms with Gasteiger partial charge in [-0.2, -0.15) is 0 Å². The number of ether oxygens (including phenoxy) is 2. The third kappa shape index (κ3) is 4.25. The highest BCUT2D eigenvalue weighted by Crippen LogP contribution is 2.25. The predicted octanol–water partition coefficient (Wildman–Crippen LogP) is 4.37. The molecule has 0 spiro atoms. The summed E-state index contributed by atoms with van der Waals surface area (Å²) in [6.45, 7) is -0.203. The SMILES string of the molecule is COC(=O)c1c(CNC(=O)c2ccccc2OC)c(=O)c2ccc(Cl)cc2n1-c1ccccc1. The summed E-state index contributed by atoms with van der Waals surface area (Å²) in [6, 6.07) is 20.6. The molecule has 0 saturated carbocycles. The molecule has 0 atom stereocenters. The fourth-order valence-corrected chi connectivity index (χ4v) is 3.99. The maximum Gasteiger partial charge on any atom is 0.355 e. The highest BCUT2D eigenvalue weighted by molar-refractivity contribution is 6.31. The van der Waals surface area contributed by atoms with E-state index in [1.165, 1.54) is 14.2 Å². The van der Waals surface area contributed by atoms with E-state index in [4.69, 9.17) is 21.1 Å². The fourth-order valence-electron chi connectivity index (χ4n) is 3.82. The Bertz CT molecular complexity index is 1450. The van der Waals surface area contributed by atoms with Gasteiger partial charge in [0.05, 0.1) is 30.9 Å². The number of carbonyl (C=O) groups excluding carboxylic acids is 2. The molecule has 7 nitrogen and oxygen atoms in total. The van der Waals surface area contributed by atoms with E-state index in [9.17, 15) is 14.4 Å². The maximum atomic E-state index is 13.5. The predicted molar refractivity (Wildman–Crippen MR) is 130 cm³/mol. The molecule has 1 N–H and O–H groups in total. The number of benzene rings is 3. The minimum atomic E-state index is -0.718. The number of pyridine rings is 1. The van der Waals surface area contributed by atoms with Gasteiger partial charge < -0.3 is 19.4 Å². The Balaban J connectivity index is 1.92. The first kappa shape index (κ1) is 23.1. The molecular formula is C26H21ClN2O5. The van der Waals surface area contributed by atoms with E-state index in [1.807, 2.05) is 18.2 Å². The van der Waals surface area contributed by atoms with Crippen molar-refractivity contribution < 1.29 is 19.1 Å². The summed E-state index contributed by atoms with van der Waals surface area (Å²) < 4.78 is 11.9. The van der Waals surface area contributed by atoms with Crippen LogP contribution in [0.15, 0.2) is 77.6 Å². The quantitative estimate of drug-likeness (QED) is 0.418. The number of fused-ring (bicyclic) bond motifs is 1. The molecule has 0 bridgehead atoms. The van der Waals surface area contributed by atoms with Gasteiger partial charge in [0.2, 0.25) is 0 Å². The Morgan fingerprint density at radius 3 is 2.38 bits per heavy atom. The lowest BCUT2D eigenvalue weighted by molar-refractivity contribution is 0.0588. The molecule has 0 aliphatic carbocycles. The number of halogens is 1. The third-order valence-electron chi connectivity index (χ3n) is 5.40. The summed E-state index contributed by atoms with van der Waals surface area (Å²) in [5.41, 5.74) is 1.08. The molecule has 0 fully saturated rings. The van der Waals surface area contributed by atoms with Gasteiger partial charge in [0.1, 0.15) is 11.4 Å². The van der Waals surface area contributed by atoms with Gasteiger partial charge in [0, 0.05) is 22.6 Å². The van der Waals surface area contributed by atoms with Crippen molar-refractivity contribution in [3.8, 4) is 11.4 Å². The van der Waals surface area contributed by atoms with Crippen molar-refractivity contribution in [3.63, 3.8) is 0 Å². The highest BCUT2D eigenvalue weighted by Gasteiger charge is 2.25. The first-order valence-corrected chi connectivity index (χ1v) is 10.8. The Morgan fingerprint density at radius 1 is 0.971 bits per heavy atom. The van der Waals surface area contributed by atoms with E-state index >= 15 is 0 Å². The zero-order valence-corrected chi connectivity index (χ0v) is 19.3. The van der Waals surface area contributed by atoms with Gasteiger partial charge in [0.25, 0.3) is 5.91 Å². The second-order valence-corrected chi connectivity index (χ2v) is 7.80. The fraction of sp³-hybridized carbons (Fsp3) is 0.115. The zero-order valence-electron chi connectivity index (χ0n) is 18.5. The molecule has 172 valence electrons. The molecule has 1 amide bonds. The van der Waals surface area contributed by atoms with E-state index in [0.717, 1.165) is 0 Å². The number of esters is 1. The van der Waals surface area contributed by atoms with Crippen LogP contribution in [0.5, 0.6) is 5.75 Å². The molecule has 0 radical (unpaired) electrons. The van der Waals surface area contributed by atoms with E-state index < -0.39 is 17.3 Å². The number of carbonyl (C=O) groups is 2. The van der Waals surface area contributed by atoms with Crippen LogP contribution in [0.25, 0.3) is 16.6 Å². The van der Waals surface area contributed by atoms with Crippen LogP contribution in [0.3, 0.4) is 0 Å². The van der Waals surface area contributed by atoms with Gasteiger partial charge in [-0.25, -0.2) is 4.79 Å². The summed E-state index contributed by atoms with van der Waals surface area (Å²) in [4.78, 5) is 39.4. The topological polar surface area (TPSA) is 86.6 Å². The van der Waals surface area contributed by atoms with Crippen molar-refractivity contribution in [2.24, 2.45) is 0 Å². The number of methoxy groups -OCH3 is 2.